The molecule has 0 saturated carbocycles. The van der Waals surface area contributed by atoms with Gasteiger partial charge in [-0.05, 0) is 36.2 Å². The highest BCUT2D eigenvalue weighted by atomic mass is 35.5. The number of carbonyl (C=O) groups is 1. The lowest BCUT2D eigenvalue weighted by atomic mass is 9.92. The third-order valence-electron chi connectivity index (χ3n) is 4.30. The summed E-state index contributed by atoms with van der Waals surface area (Å²) in [5.41, 5.74) is 2.79. The molecule has 2 aromatic carbocycles. The minimum atomic E-state index is -0.124. The van der Waals surface area contributed by atoms with E-state index in [1.807, 2.05) is 60.7 Å². The first-order valence-corrected chi connectivity index (χ1v) is 9.41. The van der Waals surface area contributed by atoms with Crippen LogP contribution in [0.2, 0.25) is 5.02 Å². The van der Waals surface area contributed by atoms with Crippen LogP contribution in [0.15, 0.2) is 60.7 Å². The van der Waals surface area contributed by atoms with E-state index in [0.717, 1.165) is 16.9 Å². The number of halogens is 1. The van der Waals surface area contributed by atoms with E-state index in [1.54, 1.807) is 4.68 Å². The summed E-state index contributed by atoms with van der Waals surface area (Å²) in [5.74, 6) is 0.634. The van der Waals surface area contributed by atoms with E-state index in [9.17, 15) is 4.79 Å². The first-order valence-electron chi connectivity index (χ1n) is 9.03. The van der Waals surface area contributed by atoms with Crippen LogP contribution in [0.3, 0.4) is 0 Å². The van der Waals surface area contributed by atoms with Gasteiger partial charge in [-0.15, -0.1) is 0 Å². The predicted molar refractivity (Wildman–Crippen MR) is 111 cm³/mol. The molecule has 1 N–H and O–H groups in total. The Balaban J connectivity index is 1.81. The van der Waals surface area contributed by atoms with Crippen LogP contribution in [0, 0.1) is 0 Å². The SMILES string of the molecule is CC(C)(C)c1cc(NC(=O)CCc2ccccc2)n(-c2ccc(Cl)cc2)n1. The molecule has 3 rings (SSSR count). The second-order valence-corrected chi connectivity index (χ2v) is 8.02. The Hall–Kier alpha value is -2.59. The minimum absolute atomic E-state index is 0.0329. The molecule has 0 aliphatic rings. The Kier molecular flexibility index (Phi) is 5.66. The number of hydrogen-bond acceptors (Lipinski definition) is 2. The van der Waals surface area contributed by atoms with E-state index in [1.165, 1.54) is 0 Å². The van der Waals surface area contributed by atoms with E-state index in [0.29, 0.717) is 23.7 Å². The van der Waals surface area contributed by atoms with Gasteiger partial charge < -0.3 is 5.32 Å². The minimum Gasteiger partial charge on any atom is -0.311 e. The lowest BCUT2D eigenvalue weighted by molar-refractivity contribution is -0.116. The van der Waals surface area contributed by atoms with Crippen LogP contribution in [-0.2, 0) is 16.6 Å². The molecule has 4 nitrogen and oxygen atoms in total. The largest absolute Gasteiger partial charge is 0.311 e. The van der Waals surface area contributed by atoms with Gasteiger partial charge in [0.2, 0.25) is 5.91 Å². The van der Waals surface area contributed by atoms with E-state index in [-0.39, 0.29) is 11.3 Å². The van der Waals surface area contributed by atoms with Crippen molar-refractivity contribution >= 4 is 23.3 Å². The molecule has 0 aliphatic heterocycles. The standard InChI is InChI=1S/C22H24ClN3O/c1-22(2,3)19-15-20(26(25-19)18-12-10-17(23)11-13-18)24-21(27)14-9-16-7-5-4-6-8-16/h4-8,10-13,15H,9,14H2,1-3H3,(H,24,27). The molecular formula is C22H24ClN3O. The molecule has 0 atom stereocenters. The number of anilines is 1. The highest BCUT2D eigenvalue weighted by Crippen LogP contribution is 2.27. The summed E-state index contributed by atoms with van der Waals surface area (Å²) < 4.78 is 1.76. The van der Waals surface area contributed by atoms with E-state index in [2.05, 4.69) is 26.1 Å². The second-order valence-electron chi connectivity index (χ2n) is 7.59. The Bertz CT molecular complexity index is 909. The molecule has 0 spiro atoms. The molecule has 27 heavy (non-hydrogen) atoms. The number of nitrogens with one attached hydrogen (secondary N) is 1. The van der Waals surface area contributed by atoms with Gasteiger partial charge in [0.15, 0.2) is 0 Å². The average molecular weight is 382 g/mol. The smallest absolute Gasteiger partial charge is 0.225 e. The van der Waals surface area contributed by atoms with Crippen molar-refractivity contribution in [2.75, 3.05) is 5.32 Å². The summed E-state index contributed by atoms with van der Waals surface area (Å²) in [5, 5.41) is 8.39. The molecule has 1 aromatic heterocycles. The first-order chi connectivity index (χ1) is 12.8. The van der Waals surface area contributed by atoms with Gasteiger partial charge in [-0.25, -0.2) is 4.68 Å². The number of rotatable bonds is 5. The quantitative estimate of drug-likeness (QED) is 0.643. The van der Waals surface area contributed by atoms with Gasteiger partial charge in [-0.1, -0.05) is 62.7 Å². The van der Waals surface area contributed by atoms with Gasteiger partial charge in [-0.2, -0.15) is 5.10 Å². The highest BCUT2D eigenvalue weighted by molar-refractivity contribution is 6.30. The summed E-state index contributed by atoms with van der Waals surface area (Å²) in [7, 11) is 0. The summed E-state index contributed by atoms with van der Waals surface area (Å²) in [6.45, 7) is 6.30. The molecule has 0 fully saturated rings. The zero-order chi connectivity index (χ0) is 19.4. The first kappa shape index (κ1) is 19.2. The lowest BCUT2D eigenvalue weighted by Gasteiger charge is -2.14. The number of aromatic nitrogens is 2. The van der Waals surface area contributed by atoms with Gasteiger partial charge in [0.1, 0.15) is 5.82 Å². The molecule has 0 unspecified atom stereocenters. The fourth-order valence-electron chi connectivity index (χ4n) is 2.72. The number of aryl methyl sites for hydroxylation is 1. The van der Waals surface area contributed by atoms with Gasteiger partial charge in [-0.3, -0.25) is 4.79 Å². The predicted octanol–water partition coefficient (Wildman–Crippen LogP) is 5.39. The Morgan fingerprint density at radius 1 is 1.07 bits per heavy atom. The van der Waals surface area contributed by atoms with Crippen LogP contribution < -0.4 is 5.32 Å². The zero-order valence-electron chi connectivity index (χ0n) is 15.9. The van der Waals surface area contributed by atoms with Gasteiger partial charge >= 0.3 is 0 Å². The van der Waals surface area contributed by atoms with Crippen molar-refractivity contribution in [1.82, 2.24) is 9.78 Å². The fourth-order valence-corrected chi connectivity index (χ4v) is 2.85. The van der Waals surface area contributed by atoms with E-state index >= 15 is 0 Å². The van der Waals surface area contributed by atoms with Crippen molar-refractivity contribution in [3.63, 3.8) is 0 Å². The maximum atomic E-state index is 12.5. The topological polar surface area (TPSA) is 46.9 Å². The second kappa shape index (κ2) is 7.97. The Morgan fingerprint density at radius 2 is 1.74 bits per heavy atom. The molecule has 1 amide bonds. The number of amides is 1. The van der Waals surface area contributed by atoms with Crippen molar-refractivity contribution in [3.05, 3.63) is 76.9 Å². The summed E-state index contributed by atoms with van der Waals surface area (Å²) in [6, 6.07) is 19.4. The van der Waals surface area contributed by atoms with Gasteiger partial charge in [0.05, 0.1) is 11.4 Å². The van der Waals surface area contributed by atoms with Crippen LogP contribution >= 0.6 is 11.6 Å². The van der Waals surface area contributed by atoms with Crippen molar-refractivity contribution in [1.29, 1.82) is 0 Å². The van der Waals surface area contributed by atoms with Crippen LogP contribution in [-0.4, -0.2) is 15.7 Å². The molecule has 1 heterocycles. The third kappa shape index (κ3) is 4.98. The summed E-state index contributed by atoms with van der Waals surface area (Å²) in [4.78, 5) is 12.5. The van der Waals surface area contributed by atoms with Crippen LogP contribution in [0.4, 0.5) is 5.82 Å². The van der Waals surface area contributed by atoms with Crippen molar-refractivity contribution in [2.45, 2.75) is 39.0 Å². The number of hydrogen-bond donors (Lipinski definition) is 1. The lowest BCUT2D eigenvalue weighted by Crippen LogP contribution is -2.15. The van der Waals surface area contributed by atoms with Crippen molar-refractivity contribution in [2.24, 2.45) is 0 Å². The maximum Gasteiger partial charge on any atom is 0.225 e. The van der Waals surface area contributed by atoms with Crippen LogP contribution in [0.1, 0.15) is 38.4 Å². The van der Waals surface area contributed by atoms with Crippen LogP contribution in [0.25, 0.3) is 5.69 Å². The average Bonchev–Trinajstić information content (AvgIpc) is 3.06. The summed E-state index contributed by atoms with van der Waals surface area (Å²) in [6.07, 6.45) is 1.12. The molecule has 3 aromatic rings. The maximum absolute atomic E-state index is 12.5. The normalized spacial score (nSPS) is 11.4. The monoisotopic (exact) mass is 381 g/mol. The van der Waals surface area contributed by atoms with Crippen LogP contribution in [0.5, 0.6) is 0 Å². The molecule has 0 aliphatic carbocycles. The number of carbonyl (C=O) groups excluding carboxylic acids is 1. The number of nitrogens with zero attached hydrogens (tertiary/aromatic N) is 2. The molecular weight excluding hydrogens is 358 g/mol. The molecule has 5 heteroatoms. The Labute approximate surface area is 165 Å². The highest BCUT2D eigenvalue weighted by Gasteiger charge is 2.21. The molecule has 0 bridgehead atoms. The van der Waals surface area contributed by atoms with Crippen molar-refractivity contribution in [3.8, 4) is 5.69 Å². The third-order valence-corrected chi connectivity index (χ3v) is 4.55. The fraction of sp³-hybridized carbons (Fsp3) is 0.273. The summed E-state index contributed by atoms with van der Waals surface area (Å²) >= 11 is 6.00. The van der Waals surface area contributed by atoms with E-state index in [4.69, 9.17) is 16.7 Å². The molecule has 140 valence electrons. The van der Waals surface area contributed by atoms with Gasteiger partial charge in [0.25, 0.3) is 0 Å². The number of benzene rings is 2. The van der Waals surface area contributed by atoms with Crippen molar-refractivity contribution < 1.29 is 4.79 Å². The Morgan fingerprint density at radius 3 is 2.37 bits per heavy atom. The zero-order valence-corrected chi connectivity index (χ0v) is 16.6. The van der Waals surface area contributed by atoms with E-state index < -0.39 is 0 Å². The molecule has 0 saturated heterocycles. The molecule has 0 radical (unpaired) electrons. The van der Waals surface area contributed by atoms with Gasteiger partial charge in [0, 0.05) is 22.9 Å².